The topological polar surface area (TPSA) is 54.0 Å². The van der Waals surface area contributed by atoms with Crippen LogP contribution in [0.25, 0.3) is 0 Å². The maximum absolute atomic E-state index is 12.5. The molecule has 1 fully saturated rings. The Kier molecular flexibility index (Phi) is 4.91. The summed E-state index contributed by atoms with van der Waals surface area (Å²) in [6.45, 7) is 4.64. The molecule has 1 saturated heterocycles. The van der Waals surface area contributed by atoms with Crippen molar-refractivity contribution in [2.24, 2.45) is 5.41 Å². The molecule has 2 heterocycles. The molecule has 4 nitrogen and oxygen atoms in total. The van der Waals surface area contributed by atoms with Crippen LogP contribution in [-0.4, -0.2) is 24.0 Å². The van der Waals surface area contributed by atoms with Crippen molar-refractivity contribution in [3.63, 3.8) is 0 Å². The van der Waals surface area contributed by atoms with E-state index in [1.165, 1.54) is 0 Å². The fraction of sp³-hybridized carbons (Fsp3) is 0.600. The minimum Gasteiger partial charge on any atom is -0.352 e. The summed E-state index contributed by atoms with van der Waals surface area (Å²) in [6.07, 6.45) is 7.45. The molecule has 1 aromatic rings. The van der Waals surface area contributed by atoms with Crippen LogP contribution in [0.2, 0.25) is 0 Å². The molecule has 1 aliphatic rings. The molecular formula is C15H23N3O. The van der Waals surface area contributed by atoms with Crippen LogP contribution in [0.5, 0.6) is 0 Å². The minimum atomic E-state index is -0.160. The molecule has 4 heteroatoms. The Morgan fingerprint density at radius 3 is 2.68 bits per heavy atom. The van der Waals surface area contributed by atoms with Crippen LogP contribution < -0.4 is 10.6 Å². The highest BCUT2D eigenvalue weighted by molar-refractivity contribution is 5.82. The molecule has 0 spiro atoms. The van der Waals surface area contributed by atoms with Gasteiger partial charge in [-0.3, -0.25) is 9.78 Å². The zero-order valence-electron chi connectivity index (χ0n) is 11.6. The molecule has 0 unspecified atom stereocenters. The summed E-state index contributed by atoms with van der Waals surface area (Å²) in [5.74, 6) is 0.215. The quantitative estimate of drug-likeness (QED) is 0.850. The second-order valence-electron chi connectivity index (χ2n) is 5.32. The largest absolute Gasteiger partial charge is 0.352 e. The van der Waals surface area contributed by atoms with Crippen LogP contribution in [-0.2, 0) is 11.3 Å². The fourth-order valence-electron chi connectivity index (χ4n) is 2.84. The summed E-state index contributed by atoms with van der Waals surface area (Å²) >= 11 is 0. The van der Waals surface area contributed by atoms with E-state index in [-0.39, 0.29) is 11.3 Å². The van der Waals surface area contributed by atoms with Crippen molar-refractivity contribution >= 4 is 5.91 Å². The van der Waals surface area contributed by atoms with Crippen molar-refractivity contribution in [3.05, 3.63) is 30.1 Å². The van der Waals surface area contributed by atoms with Gasteiger partial charge in [-0.05, 0) is 50.0 Å². The molecule has 2 N–H and O–H groups in total. The zero-order chi connectivity index (χ0) is 13.6. The SMILES string of the molecule is CCCC1(C(=O)NCc2ccncc2)CCNCC1. The number of hydrogen-bond donors (Lipinski definition) is 2. The van der Waals surface area contributed by atoms with Gasteiger partial charge >= 0.3 is 0 Å². The van der Waals surface area contributed by atoms with Gasteiger partial charge in [0.2, 0.25) is 5.91 Å². The second kappa shape index (κ2) is 6.66. The Labute approximate surface area is 115 Å². The molecule has 1 amide bonds. The van der Waals surface area contributed by atoms with Crippen molar-refractivity contribution in [1.82, 2.24) is 15.6 Å². The van der Waals surface area contributed by atoms with Gasteiger partial charge in [-0.1, -0.05) is 13.3 Å². The Morgan fingerprint density at radius 2 is 2.05 bits per heavy atom. The van der Waals surface area contributed by atoms with E-state index < -0.39 is 0 Å². The predicted octanol–water partition coefficient (Wildman–Crippen LogP) is 1.87. The number of hydrogen-bond acceptors (Lipinski definition) is 3. The summed E-state index contributed by atoms with van der Waals surface area (Å²) in [4.78, 5) is 16.5. The van der Waals surface area contributed by atoms with Crippen LogP contribution in [0.15, 0.2) is 24.5 Å². The Bertz CT molecular complexity index is 394. The highest BCUT2D eigenvalue weighted by atomic mass is 16.2. The molecule has 19 heavy (non-hydrogen) atoms. The molecule has 0 aliphatic carbocycles. The molecule has 0 aromatic carbocycles. The van der Waals surface area contributed by atoms with Gasteiger partial charge in [-0.15, -0.1) is 0 Å². The van der Waals surface area contributed by atoms with E-state index in [1.54, 1.807) is 12.4 Å². The van der Waals surface area contributed by atoms with Gasteiger partial charge in [0.1, 0.15) is 0 Å². The Balaban J connectivity index is 1.96. The predicted molar refractivity (Wildman–Crippen MR) is 75.5 cm³/mol. The van der Waals surface area contributed by atoms with Gasteiger partial charge in [-0.25, -0.2) is 0 Å². The number of pyridine rings is 1. The number of piperidine rings is 1. The van der Waals surface area contributed by atoms with Gasteiger partial charge in [0.05, 0.1) is 5.41 Å². The highest BCUT2D eigenvalue weighted by Crippen LogP contribution is 2.34. The summed E-state index contributed by atoms with van der Waals surface area (Å²) in [5.41, 5.74) is 0.941. The molecule has 0 radical (unpaired) electrons. The van der Waals surface area contributed by atoms with E-state index in [2.05, 4.69) is 22.5 Å². The average molecular weight is 261 g/mol. The fourth-order valence-corrected chi connectivity index (χ4v) is 2.84. The first-order valence-electron chi connectivity index (χ1n) is 7.15. The Hall–Kier alpha value is -1.42. The lowest BCUT2D eigenvalue weighted by molar-refractivity contribution is -0.133. The summed E-state index contributed by atoms with van der Waals surface area (Å²) in [7, 11) is 0. The van der Waals surface area contributed by atoms with E-state index >= 15 is 0 Å². The maximum Gasteiger partial charge on any atom is 0.226 e. The number of carbonyl (C=O) groups is 1. The van der Waals surface area contributed by atoms with E-state index in [0.29, 0.717) is 6.54 Å². The van der Waals surface area contributed by atoms with Gasteiger partial charge in [0, 0.05) is 18.9 Å². The summed E-state index contributed by atoms with van der Waals surface area (Å²) in [6, 6.07) is 3.88. The normalized spacial score (nSPS) is 17.9. The number of nitrogens with one attached hydrogen (secondary N) is 2. The molecular weight excluding hydrogens is 238 g/mol. The molecule has 2 rings (SSSR count). The molecule has 104 valence electrons. The van der Waals surface area contributed by atoms with Crippen molar-refractivity contribution in [3.8, 4) is 0 Å². The first kappa shape index (κ1) is 14.0. The van der Waals surface area contributed by atoms with Crippen molar-refractivity contribution in [1.29, 1.82) is 0 Å². The van der Waals surface area contributed by atoms with Gasteiger partial charge in [0.25, 0.3) is 0 Å². The van der Waals surface area contributed by atoms with Crippen LogP contribution in [0.3, 0.4) is 0 Å². The Morgan fingerprint density at radius 1 is 1.37 bits per heavy atom. The standard InChI is InChI=1S/C15H23N3O/c1-2-5-15(6-10-17-11-7-15)14(19)18-12-13-3-8-16-9-4-13/h3-4,8-9,17H,2,5-7,10-12H2,1H3,(H,18,19). The van der Waals surface area contributed by atoms with Gasteiger partial charge in [0.15, 0.2) is 0 Å². The van der Waals surface area contributed by atoms with Gasteiger partial charge < -0.3 is 10.6 Å². The van der Waals surface area contributed by atoms with Gasteiger partial charge in [-0.2, -0.15) is 0 Å². The molecule has 0 atom stereocenters. The summed E-state index contributed by atoms with van der Waals surface area (Å²) in [5, 5.41) is 6.44. The summed E-state index contributed by atoms with van der Waals surface area (Å²) < 4.78 is 0. The number of nitrogens with zero attached hydrogens (tertiary/aromatic N) is 1. The lowest BCUT2D eigenvalue weighted by atomic mass is 9.74. The monoisotopic (exact) mass is 261 g/mol. The molecule has 1 aromatic heterocycles. The lowest BCUT2D eigenvalue weighted by Crippen LogP contribution is -2.47. The maximum atomic E-state index is 12.5. The van der Waals surface area contributed by atoms with Crippen molar-refractivity contribution in [2.45, 2.75) is 39.2 Å². The number of aromatic nitrogens is 1. The smallest absolute Gasteiger partial charge is 0.226 e. The van der Waals surface area contributed by atoms with E-state index in [4.69, 9.17) is 0 Å². The lowest BCUT2D eigenvalue weighted by Gasteiger charge is -2.36. The third-order valence-corrected chi connectivity index (χ3v) is 3.97. The van der Waals surface area contributed by atoms with Crippen molar-refractivity contribution < 1.29 is 4.79 Å². The zero-order valence-corrected chi connectivity index (χ0v) is 11.6. The third-order valence-electron chi connectivity index (χ3n) is 3.97. The molecule has 0 saturated carbocycles. The van der Waals surface area contributed by atoms with E-state index in [0.717, 1.165) is 44.3 Å². The third kappa shape index (κ3) is 3.53. The molecule has 0 bridgehead atoms. The minimum absolute atomic E-state index is 0.160. The van der Waals surface area contributed by atoms with Crippen LogP contribution in [0.4, 0.5) is 0 Å². The second-order valence-corrected chi connectivity index (χ2v) is 5.32. The number of amides is 1. The first-order valence-corrected chi connectivity index (χ1v) is 7.15. The van der Waals surface area contributed by atoms with Crippen molar-refractivity contribution in [2.75, 3.05) is 13.1 Å². The first-order chi connectivity index (χ1) is 9.27. The number of carbonyl (C=O) groups excluding carboxylic acids is 1. The van der Waals surface area contributed by atoms with Crippen LogP contribution in [0.1, 0.15) is 38.2 Å². The number of rotatable bonds is 5. The van der Waals surface area contributed by atoms with E-state index in [9.17, 15) is 4.79 Å². The van der Waals surface area contributed by atoms with Crippen LogP contribution >= 0.6 is 0 Å². The average Bonchev–Trinajstić information content (AvgIpc) is 2.47. The van der Waals surface area contributed by atoms with E-state index in [1.807, 2.05) is 12.1 Å². The van der Waals surface area contributed by atoms with Crippen LogP contribution in [0, 0.1) is 5.41 Å². The molecule has 1 aliphatic heterocycles. The highest BCUT2D eigenvalue weighted by Gasteiger charge is 2.38.